The molecule has 19 heavy (non-hydrogen) atoms. The molecule has 1 aromatic carbocycles. The van der Waals surface area contributed by atoms with Crippen molar-refractivity contribution < 1.29 is 4.79 Å². The second-order valence-electron chi connectivity index (χ2n) is 4.81. The highest BCUT2D eigenvalue weighted by atomic mass is 79.9. The first kappa shape index (κ1) is 13.9. The van der Waals surface area contributed by atoms with Crippen molar-refractivity contribution in [2.24, 2.45) is 0 Å². The van der Waals surface area contributed by atoms with E-state index >= 15 is 0 Å². The molecule has 1 aromatic rings. The molecule has 0 aromatic heterocycles. The van der Waals surface area contributed by atoms with Gasteiger partial charge in [-0.15, -0.1) is 0 Å². The fourth-order valence-corrected chi connectivity index (χ4v) is 2.72. The van der Waals surface area contributed by atoms with E-state index in [9.17, 15) is 4.79 Å². The number of hydrogen-bond donors (Lipinski definition) is 1. The zero-order chi connectivity index (χ0) is 14.0. The lowest BCUT2D eigenvalue weighted by Gasteiger charge is -2.41. The molecule has 0 saturated carbocycles. The maximum absolute atomic E-state index is 11.9. The van der Waals surface area contributed by atoms with E-state index in [1.165, 1.54) is 0 Å². The van der Waals surface area contributed by atoms with Crippen LogP contribution in [0.3, 0.4) is 0 Å². The van der Waals surface area contributed by atoms with Crippen molar-refractivity contribution in [3.8, 4) is 6.07 Å². The fourth-order valence-electron chi connectivity index (χ4n) is 2.35. The standard InChI is InChI=1S/C14H16BrN3O/c1-9-3-4-11(7-12(9)15)18-10(2)8-17-14(19)13(18)5-6-16/h3-4,7,10,13H,5,8H2,1-2H3,(H,17,19). The van der Waals surface area contributed by atoms with Crippen LogP contribution in [0, 0.1) is 18.3 Å². The number of piperazine rings is 1. The minimum atomic E-state index is -0.414. The van der Waals surface area contributed by atoms with Crippen molar-refractivity contribution in [3.63, 3.8) is 0 Å². The maximum Gasteiger partial charge on any atom is 0.243 e. The van der Waals surface area contributed by atoms with Gasteiger partial charge in [0.2, 0.25) is 5.91 Å². The monoisotopic (exact) mass is 321 g/mol. The van der Waals surface area contributed by atoms with E-state index in [-0.39, 0.29) is 18.4 Å². The molecule has 0 radical (unpaired) electrons. The number of rotatable bonds is 2. The Balaban J connectivity index is 2.39. The number of benzene rings is 1. The maximum atomic E-state index is 11.9. The van der Waals surface area contributed by atoms with Crippen molar-refractivity contribution in [2.45, 2.75) is 32.4 Å². The van der Waals surface area contributed by atoms with E-state index in [0.717, 1.165) is 15.7 Å². The summed E-state index contributed by atoms with van der Waals surface area (Å²) in [7, 11) is 0. The molecule has 1 saturated heterocycles. The molecule has 0 aliphatic carbocycles. The molecule has 4 nitrogen and oxygen atoms in total. The molecular formula is C14H16BrN3O. The Morgan fingerprint density at radius 3 is 2.95 bits per heavy atom. The SMILES string of the molecule is Cc1ccc(N2C(C)CNC(=O)C2CC#N)cc1Br. The molecular weight excluding hydrogens is 306 g/mol. The summed E-state index contributed by atoms with van der Waals surface area (Å²) in [6.07, 6.45) is 0.196. The molecule has 1 aliphatic rings. The Kier molecular flexibility index (Phi) is 4.11. The van der Waals surface area contributed by atoms with E-state index in [2.05, 4.69) is 34.2 Å². The average Bonchev–Trinajstić information content (AvgIpc) is 2.38. The lowest BCUT2D eigenvalue weighted by molar-refractivity contribution is -0.123. The van der Waals surface area contributed by atoms with Gasteiger partial charge in [0.1, 0.15) is 6.04 Å². The van der Waals surface area contributed by atoms with Crippen LogP contribution in [0.4, 0.5) is 5.69 Å². The Morgan fingerprint density at radius 2 is 2.32 bits per heavy atom. The van der Waals surface area contributed by atoms with Crippen LogP contribution in [0.5, 0.6) is 0 Å². The molecule has 1 fully saturated rings. The summed E-state index contributed by atoms with van der Waals surface area (Å²) in [6.45, 7) is 4.68. The van der Waals surface area contributed by atoms with Crippen molar-refractivity contribution in [2.75, 3.05) is 11.4 Å². The third kappa shape index (κ3) is 2.74. The normalized spacial score (nSPS) is 22.8. The Labute approximate surface area is 121 Å². The van der Waals surface area contributed by atoms with Crippen LogP contribution in [0.2, 0.25) is 0 Å². The second-order valence-corrected chi connectivity index (χ2v) is 5.67. The minimum Gasteiger partial charge on any atom is -0.354 e. The Hall–Kier alpha value is -1.54. The summed E-state index contributed by atoms with van der Waals surface area (Å²) >= 11 is 3.51. The molecule has 1 N–H and O–H groups in total. The number of nitrogens with one attached hydrogen (secondary N) is 1. The van der Waals surface area contributed by atoms with Crippen molar-refractivity contribution in [3.05, 3.63) is 28.2 Å². The summed E-state index contributed by atoms with van der Waals surface area (Å²) in [6, 6.07) is 7.88. The van der Waals surface area contributed by atoms with Gasteiger partial charge in [-0.25, -0.2) is 0 Å². The largest absolute Gasteiger partial charge is 0.354 e. The smallest absolute Gasteiger partial charge is 0.243 e. The van der Waals surface area contributed by atoms with Crippen LogP contribution in [-0.2, 0) is 4.79 Å². The molecule has 5 heteroatoms. The van der Waals surface area contributed by atoms with Gasteiger partial charge in [0.25, 0.3) is 0 Å². The van der Waals surface area contributed by atoms with Crippen LogP contribution in [0.15, 0.2) is 22.7 Å². The second kappa shape index (κ2) is 5.62. The summed E-state index contributed by atoms with van der Waals surface area (Å²) in [5.74, 6) is -0.0728. The average molecular weight is 322 g/mol. The molecule has 100 valence electrons. The van der Waals surface area contributed by atoms with Crippen LogP contribution in [0.1, 0.15) is 18.9 Å². The number of carbonyl (C=O) groups is 1. The van der Waals surface area contributed by atoms with Crippen LogP contribution in [-0.4, -0.2) is 24.5 Å². The summed E-state index contributed by atoms with van der Waals surface area (Å²) < 4.78 is 1.01. The van der Waals surface area contributed by atoms with Crippen LogP contribution in [0.25, 0.3) is 0 Å². The molecule has 1 heterocycles. The van der Waals surface area contributed by atoms with Gasteiger partial charge in [0.05, 0.1) is 12.5 Å². The van der Waals surface area contributed by atoms with Gasteiger partial charge in [0, 0.05) is 22.7 Å². The first-order chi connectivity index (χ1) is 9.04. The fraction of sp³-hybridized carbons (Fsp3) is 0.429. The van der Waals surface area contributed by atoms with Crippen molar-refractivity contribution in [1.29, 1.82) is 5.26 Å². The first-order valence-electron chi connectivity index (χ1n) is 6.23. The summed E-state index contributed by atoms with van der Waals surface area (Å²) in [5, 5.41) is 11.8. The summed E-state index contributed by atoms with van der Waals surface area (Å²) in [4.78, 5) is 14.0. The lowest BCUT2D eigenvalue weighted by atomic mass is 10.0. The van der Waals surface area contributed by atoms with E-state index < -0.39 is 6.04 Å². The Bertz CT molecular complexity index is 538. The molecule has 2 atom stereocenters. The number of hydrogen-bond acceptors (Lipinski definition) is 3. The van der Waals surface area contributed by atoms with E-state index in [0.29, 0.717) is 6.54 Å². The minimum absolute atomic E-state index is 0.0728. The third-order valence-electron chi connectivity index (χ3n) is 3.42. The van der Waals surface area contributed by atoms with E-state index in [4.69, 9.17) is 5.26 Å². The number of amides is 1. The number of halogens is 1. The molecule has 2 rings (SSSR count). The van der Waals surface area contributed by atoms with Gasteiger partial charge in [-0.2, -0.15) is 5.26 Å². The predicted octanol–water partition coefficient (Wildman–Crippen LogP) is 2.36. The molecule has 0 bridgehead atoms. The number of anilines is 1. The van der Waals surface area contributed by atoms with Crippen molar-refractivity contribution >= 4 is 27.5 Å². The molecule has 0 spiro atoms. The predicted molar refractivity (Wildman–Crippen MR) is 77.8 cm³/mol. The van der Waals surface area contributed by atoms with Gasteiger partial charge in [-0.1, -0.05) is 22.0 Å². The topological polar surface area (TPSA) is 56.1 Å². The van der Waals surface area contributed by atoms with Gasteiger partial charge in [-0.05, 0) is 31.5 Å². The highest BCUT2D eigenvalue weighted by Gasteiger charge is 2.34. The highest BCUT2D eigenvalue weighted by Crippen LogP contribution is 2.28. The van der Waals surface area contributed by atoms with E-state index in [1.54, 1.807) is 0 Å². The quantitative estimate of drug-likeness (QED) is 0.909. The number of carbonyl (C=O) groups excluding carboxylic acids is 1. The van der Waals surface area contributed by atoms with Gasteiger partial charge < -0.3 is 10.2 Å². The number of aryl methyl sites for hydroxylation is 1. The number of nitriles is 1. The van der Waals surface area contributed by atoms with E-state index in [1.807, 2.05) is 30.0 Å². The zero-order valence-corrected chi connectivity index (χ0v) is 12.6. The Morgan fingerprint density at radius 1 is 1.58 bits per heavy atom. The molecule has 1 amide bonds. The number of nitrogens with zero attached hydrogens (tertiary/aromatic N) is 2. The summed E-state index contributed by atoms with van der Waals surface area (Å²) in [5.41, 5.74) is 2.12. The zero-order valence-electron chi connectivity index (χ0n) is 11.0. The van der Waals surface area contributed by atoms with Crippen LogP contribution >= 0.6 is 15.9 Å². The molecule has 2 unspecified atom stereocenters. The molecule has 1 aliphatic heterocycles. The lowest BCUT2D eigenvalue weighted by Crippen LogP contribution is -2.59. The first-order valence-corrected chi connectivity index (χ1v) is 7.03. The third-order valence-corrected chi connectivity index (χ3v) is 4.28. The van der Waals surface area contributed by atoms with Gasteiger partial charge >= 0.3 is 0 Å². The van der Waals surface area contributed by atoms with Gasteiger partial charge in [-0.3, -0.25) is 4.79 Å². The van der Waals surface area contributed by atoms with Gasteiger partial charge in [0.15, 0.2) is 0 Å². The highest BCUT2D eigenvalue weighted by molar-refractivity contribution is 9.10. The van der Waals surface area contributed by atoms with Crippen LogP contribution < -0.4 is 10.2 Å². The van der Waals surface area contributed by atoms with Crippen molar-refractivity contribution in [1.82, 2.24) is 5.32 Å².